The van der Waals surface area contributed by atoms with Gasteiger partial charge in [0, 0.05) is 26.2 Å². The summed E-state index contributed by atoms with van der Waals surface area (Å²) in [5.41, 5.74) is 1.36. The number of anilines is 1. The van der Waals surface area contributed by atoms with Gasteiger partial charge in [-0.25, -0.2) is 9.98 Å². The first-order valence-corrected chi connectivity index (χ1v) is 9.79. The predicted molar refractivity (Wildman–Crippen MR) is 114 cm³/mol. The first-order valence-electron chi connectivity index (χ1n) is 9.79. The van der Waals surface area contributed by atoms with Crippen LogP contribution in [0.25, 0.3) is 0 Å². The van der Waals surface area contributed by atoms with E-state index in [1.54, 1.807) is 25.1 Å². The van der Waals surface area contributed by atoms with Crippen LogP contribution in [0.1, 0.15) is 25.1 Å². The van der Waals surface area contributed by atoms with Gasteiger partial charge in [-0.15, -0.1) is 0 Å². The summed E-state index contributed by atoms with van der Waals surface area (Å²) in [4.78, 5) is 11.0. The number of aromatic nitrogens is 1. The molecular weight excluding hydrogens is 392 g/mol. The van der Waals surface area contributed by atoms with E-state index >= 15 is 0 Å². The molecule has 1 aromatic heterocycles. The molecule has 9 heteroatoms. The highest BCUT2D eigenvalue weighted by Gasteiger charge is 2.15. The number of alkyl halides is 2. The molecule has 0 spiro atoms. The molecule has 7 nitrogen and oxygen atoms in total. The van der Waals surface area contributed by atoms with E-state index in [1.807, 2.05) is 44.1 Å². The molecule has 2 rings (SSSR count). The van der Waals surface area contributed by atoms with E-state index in [2.05, 4.69) is 20.6 Å². The molecule has 0 aliphatic carbocycles. The van der Waals surface area contributed by atoms with Crippen LogP contribution in [0.5, 0.6) is 11.5 Å². The Morgan fingerprint density at radius 2 is 1.90 bits per heavy atom. The van der Waals surface area contributed by atoms with Gasteiger partial charge in [0.2, 0.25) is 0 Å². The summed E-state index contributed by atoms with van der Waals surface area (Å²) < 4.78 is 35.9. The maximum Gasteiger partial charge on any atom is 0.387 e. The van der Waals surface area contributed by atoms with Gasteiger partial charge in [-0.1, -0.05) is 18.2 Å². The Bertz CT molecular complexity index is 831. The molecule has 0 saturated heterocycles. The fourth-order valence-electron chi connectivity index (χ4n) is 2.67. The van der Waals surface area contributed by atoms with Gasteiger partial charge >= 0.3 is 6.61 Å². The van der Waals surface area contributed by atoms with Crippen molar-refractivity contribution in [3.8, 4) is 11.5 Å². The van der Waals surface area contributed by atoms with E-state index in [-0.39, 0.29) is 18.0 Å². The van der Waals surface area contributed by atoms with Crippen LogP contribution >= 0.6 is 0 Å². The van der Waals surface area contributed by atoms with Crippen molar-refractivity contribution in [3.05, 3.63) is 47.7 Å². The highest BCUT2D eigenvalue weighted by Crippen LogP contribution is 2.33. The molecule has 0 bridgehead atoms. The second-order valence-corrected chi connectivity index (χ2v) is 6.49. The standard InChI is InChI=1S/C21H29F2N5O2/c1-5-24-21(26-14-16-10-8-12-18(27-16)28(3)4)25-13-15-9-7-11-17(29-6-2)19(15)30-20(22)23/h7-12,20H,5-6,13-14H2,1-4H3,(H2,24,25,26). The Balaban J connectivity index is 2.16. The molecule has 30 heavy (non-hydrogen) atoms. The van der Waals surface area contributed by atoms with E-state index in [4.69, 9.17) is 9.47 Å². The molecule has 0 radical (unpaired) electrons. The van der Waals surface area contributed by atoms with Crippen LogP contribution in [-0.2, 0) is 13.1 Å². The van der Waals surface area contributed by atoms with E-state index in [9.17, 15) is 8.78 Å². The minimum Gasteiger partial charge on any atom is -0.490 e. The van der Waals surface area contributed by atoms with Crippen LogP contribution in [0, 0.1) is 0 Å². The molecule has 2 N–H and O–H groups in total. The average Bonchev–Trinajstić information content (AvgIpc) is 2.72. The van der Waals surface area contributed by atoms with Crippen molar-refractivity contribution >= 4 is 11.8 Å². The molecule has 164 valence electrons. The van der Waals surface area contributed by atoms with Crippen molar-refractivity contribution in [2.45, 2.75) is 33.5 Å². The Morgan fingerprint density at radius 3 is 2.57 bits per heavy atom. The number of aliphatic imine (C=N–C) groups is 1. The number of halogens is 2. The zero-order chi connectivity index (χ0) is 21.9. The Kier molecular flexibility index (Phi) is 9.11. The van der Waals surface area contributed by atoms with Crippen molar-refractivity contribution in [2.24, 2.45) is 4.99 Å². The van der Waals surface area contributed by atoms with Gasteiger partial charge in [-0.2, -0.15) is 8.78 Å². The molecule has 0 fully saturated rings. The van der Waals surface area contributed by atoms with Crippen molar-refractivity contribution in [2.75, 3.05) is 32.1 Å². The number of benzene rings is 1. The zero-order valence-corrected chi connectivity index (χ0v) is 17.8. The first-order chi connectivity index (χ1) is 14.4. The van der Waals surface area contributed by atoms with Crippen LogP contribution in [0.15, 0.2) is 41.4 Å². The predicted octanol–water partition coefficient (Wildman–Crippen LogP) is 3.40. The van der Waals surface area contributed by atoms with Gasteiger partial charge in [-0.05, 0) is 32.0 Å². The summed E-state index contributed by atoms with van der Waals surface area (Å²) in [6.45, 7) is 2.38. The minimum atomic E-state index is -2.95. The van der Waals surface area contributed by atoms with Gasteiger partial charge in [0.15, 0.2) is 17.5 Å². The fraction of sp³-hybridized carbons (Fsp3) is 0.429. The minimum absolute atomic E-state index is 0.00861. The van der Waals surface area contributed by atoms with Crippen LogP contribution in [0.3, 0.4) is 0 Å². The largest absolute Gasteiger partial charge is 0.490 e. The summed E-state index contributed by atoms with van der Waals surface area (Å²) in [5, 5.41) is 6.35. The highest BCUT2D eigenvalue weighted by atomic mass is 19.3. The number of nitrogens with zero attached hydrogens (tertiary/aromatic N) is 3. The first kappa shape index (κ1) is 23.2. The third kappa shape index (κ3) is 7.06. The number of nitrogens with one attached hydrogen (secondary N) is 2. The number of ether oxygens (including phenoxy) is 2. The Hall–Kier alpha value is -3.10. The SMILES string of the molecule is CCNC(=NCc1cccc(OCC)c1OC(F)F)NCc1cccc(N(C)C)n1. The van der Waals surface area contributed by atoms with Gasteiger partial charge in [0.05, 0.1) is 25.4 Å². The van der Waals surface area contributed by atoms with Crippen molar-refractivity contribution in [1.29, 1.82) is 0 Å². The maximum atomic E-state index is 12.9. The van der Waals surface area contributed by atoms with Crippen molar-refractivity contribution in [3.63, 3.8) is 0 Å². The quantitative estimate of drug-likeness (QED) is 0.453. The summed E-state index contributed by atoms with van der Waals surface area (Å²) in [5.74, 6) is 1.68. The monoisotopic (exact) mass is 421 g/mol. The zero-order valence-electron chi connectivity index (χ0n) is 17.8. The van der Waals surface area contributed by atoms with Crippen LogP contribution in [0.2, 0.25) is 0 Å². The van der Waals surface area contributed by atoms with Crippen molar-refractivity contribution in [1.82, 2.24) is 15.6 Å². The summed E-state index contributed by atoms with van der Waals surface area (Å²) in [7, 11) is 3.86. The third-order valence-electron chi connectivity index (χ3n) is 4.01. The Morgan fingerprint density at radius 1 is 1.13 bits per heavy atom. The number of para-hydroxylation sites is 1. The summed E-state index contributed by atoms with van der Waals surface area (Å²) in [6.07, 6.45) is 0. The second-order valence-electron chi connectivity index (χ2n) is 6.49. The van der Waals surface area contributed by atoms with Gasteiger partial charge in [0.25, 0.3) is 0 Å². The lowest BCUT2D eigenvalue weighted by atomic mass is 10.2. The van der Waals surface area contributed by atoms with Crippen LogP contribution < -0.4 is 25.0 Å². The lowest BCUT2D eigenvalue weighted by Crippen LogP contribution is -2.37. The average molecular weight is 421 g/mol. The molecule has 0 aliphatic heterocycles. The van der Waals surface area contributed by atoms with E-state index in [0.717, 1.165) is 11.5 Å². The topological polar surface area (TPSA) is 71.0 Å². The Labute approximate surface area is 176 Å². The van der Waals surface area contributed by atoms with E-state index in [1.165, 1.54) is 0 Å². The normalized spacial score (nSPS) is 11.4. The van der Waals surface area contributed by atoms with E-state index < -0.39 is 6.61 Å². The van der Waals surface area contributed by atoms with Gasteiger partial charge in [-0.3, -0.25) is 0 Å². The molecular formula is C21H29F2N5O2. The molecule has 1 heterocycles. The molecule has 1 aromatic carbocycles. The fourth-order valence-corrected chi connectivity index (χ4v) is 2.67. The number of rotatable bonds is 10. The maximum absolute atomic E-state index is 12.9. The molecule has 0 atom stereocenters. The highest BCUT2D eigenvalue weighted by molar-refractivity contribution is 5.79. The lowest BCUT2D eigenvalue weighted by Gasteiger charge is -2.16. The third-order valence-corrected chi connectivity index (χ3v) is 4.01. The van der Waals surface area contributed by atoms with Crippen molar-refractivity contribution < 1.29 is 18.3 Å². The smallest absolute Gasteiger partial charge is 0.387 e. The molecule has 0 aliphatic rings. The molecule has 2 aromatic rings. The second kappa shape index (κ2) is 11.8. The van der Waals surface area contributed by atoms with Crippen LogP contribution in [0.4, 0.5) is 14.6 Å². The number of hydrogen-bond acceptors (Lipinski definition) is 5. The van der Waals surface area contributed by atoms with Gasteiger partial charge in [0.1, 0.15) is 5.82 Å². The summed E-state index contributed by atoms with van der Waals surface area (Å²) >= 11 is 0. The van der Waals surface area contributed by atoms with Gasteiger partial charge < -0.3 is 25.0 Å². The molecule has 0 unspecified atom stereocenters. The molecule has 0 amide bonds. The number of pyridine rings is 1. The number of hydrogen-bond donors (Lipinski definition) is 2. The number of guanidine groups is 1. The molecule has 0 saturated carbocycles. The van der Waals surface area contributed by atoms with Crippen LogP contribution in [-0.4, -0.2) is 44.8 Å². The lowest BCUT2D eigenvalue weighted by molar-refractivity contribution is -0.0520. The van der Waals surface area contributed by atoms with E-state index in [0.29, 0.717) is 31.2 Å². The summed E-state index contributed by atoms with van der Waals surface area (Å²) in [6, 6.07) is 10.8.